The summed E-state index contributed by atoms with van der Waals surface area (Å²) in [7, 11) is 0. The first-order valence-corrected chi connectivity index (χ1v) is 7.62. The number of aromatic nitrogens is 1. The minimum Gasteiger partial charge on any atom is -0.352 e. The van der Waals surface area contributed by atoms with Crippen molar-refractivity contribution in [1.82, 2.24) is 15.2 Å². The van der Waals surface area contributed by atoms with Gasteiger partial charge in [-0.2, -0.15) is 0 Å². The molecule has 1 saturated heterocycles. The molecule has 0 radical (unpaired) electrons. The quantitative estimate of drug-likeness (QED) is 0.887. The van der Waals surface area contributed by atoms with E-state index in [1.165, 1.54) is 12.8 Å². The van der Waals surface area contributed by atoms with Gasteiger partial charge in [-0.15, -0.1) is 0 Å². The van der Waals surface area contributed by atoms with Crippen LogP contribution in [0.4, 0.5) is 10.2 Å². The van der Waals surface area contributed by atoms with E-state index in [2.05, 4.69) is 20.1 Å². The zero-order valence-corrected chi connectivity index (χ0v) is 12.1. The molecule has 1 aliphatic carbocycles. The van der Waals surface area contributed by atoms with Crippen molar-refractivity contribution in [1.29, 1.82) is 0 Å². The van der Waals surface area contributed by atoms with Gasteiger partial charge < -0.3 is 10.2 Å². The van der Waals surface area contributed by atoms with Crippen molar-refractivity contribution in [2.24, 2.45) is 0 Å². The van der Waals surface area contributed by atoms with E-state index in [1.807, 2.05) is 6.92 Å². The highest BCUT2D eigenvalue weighted by atomic mass is 19.1. The molecule has 0 spiro atoms. The summed E-state index contributed by atoms with van der Waals surface area (Å²) in [6.07, 6.45) is 4.40. The molecule has 4 nitrogen and oxygen atoms in total. The van der Waals surface area contributed by atoms with Gasteiger partial charge in [-0.1, -0.05) is 6.92 Å². The third-order valence-electron chi connectivity index (χ3n) is 4.19. The van der Waals surface area contributed by atoms with Crippen LogP contribution in [0.2, 0.25) is 0 Å². The first-order chi connectivity index (χ1) is 9.79. The van der Waals surface area contributed by atoms with Crippen molar-refractivity contribution >= 4 is 5.82 Å². The number of halogens is 1. The second kappa shape index (κ2) is 6.06. The molecule has 3 rings (SSSR count). The van der Waals surface area contributed by atoms with E-state index in [9.17, 15) is 4.39 Å². The second-order valence-corrected chi connectivity index (χ2v) is 5.64. The normalized spacial score (nSPS) is 20.4. The van der Waals surface area contributed by atoms with Crippen molar-refractivity contribution in [3.05, 3.63) is 23.6 Å². The van der Waals surface area contributed by atoms with E-state index in [0.717, 1.165) is 38.8 Å². The summed E-state index contributed by atoms with van der Waals surface area (Å²) in [5.74, 6) is 0.365. The molecule has 20 heavy (non-hydrogen) atoms. The van der Waals surface area contributed by atoms with Crippen molar-refractivity contribution in [3.8, 4) is 0 Å². The Morgan fingerprint density at radius 2 is 2.05 bits per heavy atom. The Morgan fingerprint density at radius 3 is 2.70 bits per heavy atom. The molecular weight excluding hydrogens is 255 g/mol. The van der Waals surface area contributed by atoms with Gasteiger partial charge in [-0.25, -0.2) is 9.37 Å². The monoisotopic (exact) mass is 278 g/mol. The van der Waals surface area contributed by atoms with Crippen LogP contribution < -0.4 is 10.2 Å². The first kappa shape index (κ1) is 13.8. The van der Waals surface area contributed by atoms with Gasteiger partial charge in [-0.05, 0) is 25.5 Å². The molecule has 0 bridgehead atoms. The Balaban J connectivity index is 1.67. The smallest absolute Gasteiger partial charge is 0.170 e. The fraction of sp³-hybridized carbons (Fsp3) is 0.667. The van der Waals surface area contributed by atoms with E-state index >= 15 is 0 Å². The fourth-order valence-corrected chi connectivity index (χ4v) is 2.83. The minimum absolute atomic E-state index is 0.159. The van der Waals surface area contributed by atoms with Gasteiger partial charge in [0.15, 0.2) is 11.6 Å². The largest absolute Gasteiger partial charge is 0.352 e. The third-order valence-corrected chi connectivity index (χ3v) is 4.19. The Hall–Kier alpha value is -1.20. The van der Waals surface area contributed by atoms with Gasteiger partial charge in [-0.3, -0.25) is 4.90 Å². The Morgan fingerprint density at radius 1 is 1.30 bits per heavy atom. The lowest BCUT2D eigenvalue weighted by molar-refractivity contribution is 0.247. The van der Waals surface area contributed by atoms with Crippen molar-refractivity contribution in [3.63, 3.8) is 0 Å². The summed E-state index contributed by atoms with van der Waals surface area (Å²) in [5, 5.41) is 3.17. The Bertz CT molecular complexity index is 453. The van der Waals surface area contributed by atoms with E-state index in [0.29, 0.717) is 17.9 Å². The fourth-order valence-electron chi connectivity index (χ4n) is 2.83. The third kappa shape index (κ3) is 2.94. The molecule has 1 aliphatic heterocycles. The molecule has 5 heteroatoms. The lowest BCUT2D eigenvalue weighted by Crippen LogP contribution is -2.47. The van der Waals surface area contributed by atoms with Crippen molar-refractivity contribution in [2.45, 2.75) is 32.4 Å². The van der Waals surface area contributed by atoms with Crippen molar-refractivity contribution in [2.75, 3.05) is 37.6 Å². The number of anilines is 1. The predicted octanol–water partition coefficient (Wildman–Crippen LogP) is 1.61. The molecule has 1 aromatic heterocycles. The standard InChI is InChI=1S/C15H23FN4/c1-2-17-11-12-5-6-18-15(14(12)16)20-9-7-19(8-10-20)13-3-4-13/h5-6,13,17H,2-4,7-11H2,1H3. The zero-order valence-electron chi connectivity index (χ0n) is 12.1. The first-order valence-electron chi connectivity index (χ1n) is 7.62. The summed E-state index contributed by atoms with van der Waals surface area (Å²) in [6.45, 7) is 7.26. The Kier molecular flexibility index (Phi) is 4.17. The van der Waals surface area contributed by atoms with Crippen LogP contribution in [-0.4, -0.2) is 48.6 Å². The zero-order chi connectivity index (χ0) is 13.9. The number of hydrogen-bond acceptors (Lipinski definition) is 4. The summed E-state index contributed by atoms with van der Waals surface area (Å²) in [6, 6.07) is 2.57. The lowest BCUT2D eigenvalue weighted by Gasteiger charge is -2.35. The molecule has 0 atom stereocenters. The summed E-state index contributed by atoms with van der Waals surface area (Å²) in [4.78, 5) is 8.87. The number of nitrogens with zero attached hydrogens (tertiary/aromatic N) is 3. The van der Waals surface area contributed by atoms with Gasteiger partial charge in [0.25, 0.3) is 0 Å². The Labute approximate surface area is 120 Å². The van der Waals surface area contributed by atoms with Gasteiger partial charge >= 0.3 is 0 Å². The molecule has 2 heterocycles. The predicted molar refractivity (Wildman–Crippen MR) is 78.4 cm³/mol. The molecular formula is C15H23FN4. The summed E-state index contributed by atoms with van der Waals surface area (Å²) < 4.78 is 14.5. The number of piperazine rings is 1. The van der Waals surface area contributed by atoms with Crippen LogP contribution in [0, 0.1) is 5.82 Å². The van der Waals surface area contributed by atoms with Gasteiger partial charge in [0.05, 0.1) is 0 Å². The van der Waals surface area contributed by atoms with Crippen molar-refractivity contribution < 1.29 is 4.39 Å². The van der Waals surface area contributed by atoms with Gasteiger partial charge in [0.1, 0.15) is 0 Å². The van der Waals surface area contributed by atoms with Crippen LogP contribution in [0.3, 0.4) is 0 Å². The van der Waals surface area contributed by atoms with Crippen LogP contribution in [0.5, 0.6) is 0 Å². The van der Waals surface area contributed by atoms with Gasteiger partial charge in [0.2, 0.25) is 0 Å². The maximum atomic E-state index is 14.5. The SMILES string of the molecule is CCNCc1ccnc(N2CCN(C3CC3)CC2)c1F. The molecule has 0 amide bonds. The second-order valence-electron chi connectivity index (χ2n) is 5.64. The maximum Gasteiger partial charge on any atom is 0.170 e. The topological polar surface area (TPSA) is 31.4 Å². The average Bonchev–Trinajstić information content (AvgIpc) is 3.31. The molecule has 0 aromatic carbocycles. The van der Waals surface area contributed by atoms with E-state index in [4.69, 9.17) is 0 Å². The highest BCUT2D eigenvalue weighted by Crippen LogP contribution is 2.29. The van der Waals surface area contributed by atoms with Crippen LogP contribution in [0.15, 0.2) is 12.3 Å². The summed E-state index contributed by atoms with van der Waals surface area (Å²) >= 11 is 0. The molecule has 1 aromatic rings. The number of hydrogen-bond donors (Lipinski definition) is 1. The number of pyridine rings is 1. The number of nitrogens with one attached hydrogen (secondary N) is 1. The van der Waals surface area contributed by atoms with Crippen LogP contribution in [0.1, 0.15) is 25.3 Å². The number of rotatable bonds is 5. The molecule has 110 valence electrons. The van der Waals surface area contributed by atoms with Crippen LogP contribution in [0.25, 0.3) is 0 Å². The summed E-state index contributed by atoms with van der Waals surface area (Å²) in [5.41, 5.74) is 0.710. The molecule has 2 fully saturated rings. The highest BCUT2D eigenvalue weighted by Gasteiger charge is 2.32. The highest BCUT2D eigenvalue weighted by molar-refractivity contribution is 5.43. The molecule has 2 aliphatic rings. The van der Waals surface area contributed by atoms with Crippen LogP contribution >= 0.6 is 0 Å². The molecule has 0 unspecified atom stereocenters. The molecule has 1 saturated carbocycles. The van der Waals surface area contributed by atoms with E-state index in [-0.39, 0.29) is 5.82 Å². The average molecular weight is 278 g/mol. The minimum atomic E-state index is -0.159. The van der Waals surface area contributed by atoms with E-state index < -0.39 is 0 Å². The lowest BCUT2D eigenvalue weighted by atomic mass is 10.2. The van der Waals surface area contributed by atoms with Crippen LogP contribution in [-0.2, 0) is 6.54 Å². The maximum absolute atomic E-state index is 14.5. The van der Waals surface area contributed by atoms with Gasteiger partial charge in [0, 0.05) is 50.5 Å². The molecule has 1 N–H and O–H groups in total. The van der Waals surface area contributed by atoms with E-state index in [1.54, 1.807) is 12.3 Å².